The number of rotatable bonds is 5. The van der Waals surface area contributed by atoms with Gasteiger partial charge in [0, 0.05) is 26.2 Å². The predicted molar refractivity (Wildman–Crippen MR) is 83.9 cm³/mol. The summed E-state index contributed by atoms with van der Waals surface area (Å²) in [5.41, 5.74) is 6.07. The summed E-state index contributed by atoms with van der Waals surface area (Å²) in [4.78, 5) is 6.74. The zero-order valence-electron chi connectivity index (χ0n) is 13.0. The highest BCUT2D eigenvalue weighted by atomic mass is 16.5. The molecule has 0 amide bonds. The fourth-order valence-electron chi connectivity index (χ4n) is 3.24. The third-order valence-electron chi connectivity index (χ3n) is 4.46. The Balaban J connectivity index is 1.57. The Morgan fingerprint density at radius 1 is 1.20 bits per heavy atom. The Kier molecular flexibility index (Phi) is 6.64. The Bertz CT molecular complexity index is 300. The van der Waals surface area contributed by atoms with Crippen LogP contribution in [0.15, 0.2) is 4.99 Å². The first kappa shape index (κ1) is 15.6. The second-order valence-electron chi connectivity index (χ2n) is 6.42. The van der Waals surface area contributed by atoms with Crippen LogP contribution < -0.4 is 5.73 Å². The van der Waals surface area contributed by atoms with Gasteiger partial charge in [0.25, 0.3) is 0 Å². The first-order valence-electron chi connectivity index (χ1n) is 8.42. The topological polar surface area (TPSA) is 50.8 Å². The lowest BCUT2D eigenvalue weighted by atomic mass is 9.98. The van der Waals surface area contributed by atoms with Gasteiger partial charge in [-0.25, -0.2) is 0 Å². The van der Waals surface area contributed by atoms with Crippen molar-refractivity contribution in [2.45, 2.75) is 64.4 Å². The summed E-state index contributed by atoms with van der Waals surface area (Å²) in [6, 6.07) is 0. The van der Waals surface area contributed by atoms with Crippen molar-refractivity contribution in [1.29, 1.82) is 0 Å². The molecule has 116 valence electrons. The van der Waals surface area contributed by atoms with Crippen LogP contribution in [0.25, 0.3) is 0 Å². The molecule has 2 rings (SSSR count). The summed E-state index contributed by atoms with van der Waals surface area (Å²) in [6.45, 7) is 6.05. The monoisotopic (exact) mass is 281 g/mol. The lowest BCUT2D eigenvalue weighted by Crippen LogP contribution is -2.43. The summed E-state index contributed by atoms with van der Waals surface area (Å²) in [6.07, 6.45) is 10.6. The van der Waals surface area contributed by atoms with Crippen LogP contribution in [0, 0.1) is 5.92 Å². The number of nitrogens with two attached hydrogens (primary N) is 1. The van der Waals surface area contributed by atoms with Crippen LogP contribution in [0.5, 0.6) is 0 Å². The van der Waals surface area contributed by atoms with E-state index >= 15 is 0 Å². The van der Waals surface area contributed by atoms with Gasteiger partial charge in [0.05, 0.1) is 6.10 Å². The number of ether oxygens (including phenoxy) is 1. The molecule has 0 aromatic carbocycles. The average Bonchev–Trinajstić information content (AvgIpc) is 2.48. The summed E-state index contributed by atoms with van der Waals surface area (Å²) >= 11 is 0. The van der Waals surface area contributed by atoms with Crippen molar-refractivity contribution >= 4 is 5.96 Å². The number of hydrogen-bond acceptors (Lipinski definition) is 2. The zero-order valence-corrected chi connectivity index (χ0v) is 13.0. The molecule has 2 fully saturated rings. The molecule has 0 aromatic rings. The molecule has 2 aliphatic rings. The number of aliphatic imine (C=N–C) groups is 1. The van der Waals surface area contributed by atoms with Crippen molar-refractivity contribution in [1.82, 2.24) is 4.90 Å². The second kappa shape index (κ2) is 8.50. The zero-order chi connectivity index (χ0) is 14.2. The van der Waals surface area contributed by atoms with Crippen molar-refractivity contribution in [3.63, 3.8) is 0 Å². The lowest BCUT2D eigenvalue weighted by molar-refractivity contribution is 0.0281. The Morgan fingerprint density at radius 2 is 2.00 bits per heavy atom. The van der Waals surface area contributed by atoms with E-state index in [0.29, 0.717) is 6.10 Å². The highest BCUT2D eigenvalue weighted by Crippen LogP contribution is 2.20. The molecule has 1 aliphatic heterocycles. The van der Waals surface area contributed by atoms with E-state index in [1.165, 1.54) is 44.9 Å². The first-order chi connectivity index (χ1) is 9.75. The molecule has 1 saturated heterocycles. The Labute approximate surface area is 123 Å². The fraction of sp³-hybridized carbons (Fsp3) is 0.938. The number of guanidine groups is 1. The minimum atomic E-state index is 0.507. The van der Waals surface area contributed by atoms with Gasteiger partial charge >= 0.3 is 0 Å². The predicted octanol–water partition coefficient (Wildman–Crippen LogP) is 2.77. The van der Waals surface area contributed by atoms with Gasteiger partial charge in [-0.05, 0) is 38.0 Å². The minimum Gasteiger partial charge on any atom is -0.378 e. The number of piperidine rings is 1. The standard InChI is InChI=1S/C16H31N3O/c1-14-7-5-11-19(13-14)16(17)18-10-6-12-20-15-8-3-2-4-9-15/h14-15H,2-13H2,1H3,(H2,17,18). The minimum absolute atomic E-state index is 0.507. The van der Waals surface area contributed by atoms with Crippen molar-refractivity contribution in [2.24, 2.45) is 16.6 Å². The number of hydrogen-bond donors (Lipinski definition) is 1. The normalized spacial score (nSPS) is 25.9. The molecule has 1 heterocycles. The van der Waals surface area contributed by atoms with E-state index in [4.69, 9.17) is 10.5 Å². The molecule has 2 N–H and O–H groups in total. The van der Waals surface area contributed by atoms with E-state index in [-0.39, 0.29) is 0 Å². The van der Waals surface area contributed by atoms with E-state index in [2.05, 4.69) is 16.8 Å². The first-order valence-corrected chi connectivity index (χ1v) is 8.42. The van der Waals surface area contributed by atoms with Gasteiger partial charge in [-0.3, -0.25) is 4.99 Å². The van der Waals surface area contributed by atoms with E-state index in [1.807, 2.05) is 0 Å². The molecule has 1 saturated carbocycles. The summed E-state index contributed by atoms with van der Waals surface area (Å²) in [7, 11) is 0. The molecular weight excluding hydrogens is 250 g/mol. The van der Waals surface area contributed by atoms with Crippen molar-refractivity contribution in [3.05, 3.63) is 0 Å². The van der Waals surface area contributed by atoms with E-state index in [9.17, 15) is 0 Å². The maximum absolute atomic E-state index is 6.07. The molecule has 1 atom stereocenters. The molecule has 0 radical (unpaired) electrons. The molecule has 0 bridgehead atoms. The highest BCUT2D eigenvalue weighted by Gasteiger charge is 2.17. The third-order valence-corrected chi connectivity index (χ3v) is 4.46. The van der Waals surface area contributed by atoms with Gasteiger partial charge in [-0.2, -0.15) is 0 Å². The lowest BCUT2D eigenvalue weighted by Gasteiger charge is -2.31. The smallest absolute Gasteiger partial charge is 0.191 e. The second-order valence-corrected chi connectivity index (χ2v) is 6.42. The van der Waals surface area contributed by atoms with E-state index in [0.717, 1.165) is 44.5 Å². The van der Waals surface area contributed by atoms with Crippen LogP contribution in [-0.4, -0.2) is 43.2 Å². The van der Waals surface area contributed by atoms with Crippen LogP contribution in [0.3, 0.4) is 0 Å². The summed E-state index contributed by atoms with van der Waals surface area (Å²) in [5, 5.41) is 0. The van der Waals surface area contributed by atoms with Crippen molar-refractivity contribution in [3.8, 4) is 0 Å². The van der Waals surface area contributed by atoms with Crippen LogP contribution in [0.1, 0.15) is 58.3 Å². The molecule has 0 aromatic heterocycles. The van der Waals surface area contributed by atoms with Gasteiger partial charge in [0.2, 0.25) is 0 Å². The molecule has 4 heteroatoms. The van der Waals surface area contributed by atoms with Crippen LogP contribution >= 0.6 is 0 Å². The van der Waals surface area contributed by atoms with Gasteiger partial charge in [-0.1, -0.05) is 26.2 Å². The highest BCUT2D eigenvalue weighted by molar-refractivity contribution is 5.78. The molecule has 4 nitrogen and oxygen atoms in total. The van der Waals surface area contributed by atoms with Crippen LogP contribution in [0.2, 0.25) is 0 Å². The van der Waals surface area contributed by atoms with E-state index in [1.54, 1.807) is 0 Å². The molecular formula is C16H31N3O. The largest absolute Gasteiger partial charge is 0.378 e. The fourth-order valence-corrected chi connectivity index (χ4v) is 3.24. The number of likely N-dealkylation sites (tertiary alicyclic amines) is 1. The summed E-state index contributed by atoms with van der Waals surface area (Å²) in [5.74, 6) is 1.47. The Hall–Kier alpha value is -0.770. The molecule has 0 spiro atoms. The molecule has 1 aliphatic carbocycles. The van der Waals surface area contributed by atoms with Gasteiger partial charge < -0.3 is 15.4 Å². The van der Waals surface area contributed by atoms with Gasteiger partial charge in [0.15, 0.2) is 5.96 Å². The third kappa shape index (κ3) is 5.31. The van der Waals surface area contributed by atoms with Crippen molar-refractivity contribution < 1.29 is 4.74 Å². The average molecular weight is 281 g/mol. The quantitative estimate of drug-likeness (QED) is 0.479. The van der Waals surface area contributed by atoms with E-state index < -0.39 is 0 Å². The van der Waals surface area contributed by atoms with Crippen LogP contribution in [0.4, 0.5) is 0 Å². The maximum Gasteiger partial charge on any atom is 0.191 e. The molecule has 1 unspecified atom stereocenters. The van der Waals surface area contributed by atoms with Gasteiger partial charge in [-0.15, -0.1) is 0 Å². The SMILES string of the molecule is CC1CCCN(C(N)=NCCCOC2CCCCC2)C1. The molecule has 20 heavy (non-hydrogen) atoms. The van der Waals surface area contributed by atoms with Crippen molar-refractivity contribution in [2.75, 3.05) is 26.2 Å². The van der Waals surface area contributed by atoms with Gasteiger partial charge in [0.1, 0.15) is 0 Å². The summed E-state index contributed by atoms with van der Waals surface area (Å²) < 4.78 is 5.90. The number of nitrogens with zero attached hydrogens (tertiary/aromatic N) is 2. The Morgan fingerprint density at radius 3 is 2.75 bits per heavy atom. The maximum atomic E-state index is 6.07. The van der Waals surface area contributed by atoms with Crippen LogP contribution in [-0.2, 0) is 4.74 Å².